The maximum absolute atomic E-state index is 9.56. The van der Waals surface area contributed by atoms with Crippen molar-refractivity contribution in [2.75, 3.05) is 33.0 Å². The van der Waals surface area contributed by atoms with Crippen LogP contribution < -0.4 is 10.5 Å². The van der Waals surface area contributed by atoms with Crippen molar-refractivity contribution in [2.24, 2.45) is 0 Å². The lowest BCUT2D eigenvalue weighted by molar-refractivity contribution is 0.0834. The Labute approximate surface area is 90.3 Å². The summed E-state index contributed by atoms with van der Waals surface area (Å²) in [4.78, 5) is 1.91. The van der Waals surface area contributed by atoms with Crippen LogP contribution in [-0.2, 0) is 0 Å². The number of nitrogen functional groups attached to an aromatic ring is 1. The van der Waals surface area contributed by atoms with Gasteiger partial charge in [-0.1, -0.05) is 12.1 Å². The van der Waals surface area contributed by atoms with Gasteiger partial charge in [0.2, 0.25) is 0 Å². The van der Waals surface area contributed by atoms with Gasteiger partial charge in [0.15, 0.2) is 0 Å². The molecule has 0 saturated carbocycles. The van der Waals surface area contributed by atoms with Crippen molar-refractivity contribution in [3.63, 3.8) is 0 Å². The van der Waals surface area contributed by atoms with E-state index in [0.29, 0.717) is 18.0 Å². The van der Waals surface area contributed by atoms with Gasteiger partial charge in [0.1, 0.15) is 18.5 Å². The Balaban J connectivity index is 2.40. The number of aliphatic hydroxyl groups excluding tert-OH is 1. The molecule has 1 atom stereocenters. The molecule has 0 aliphatic rings. The molecule has 0 amide bonds. The van der Waals surface area contributed by atoms with E-state index in [1.165, 1.54) is 0 Å². The molecule has 0 aliphatic carbocycles. The molecule has 0 bridgehead atoms. The van der Waals surface area contributed by atoms with Crippen LogP contribution in [-0.4, -0.2) is 43.4 Å². The van der Waals surface area contributed by atoms with Gasteiger partial charge in [-0.25, -0.2) is 0 Å². The first-order valence-electron chi connectivity index (χ1n) is 4.89. The highest BCUT2D eigenvalue weighted by molar-refractivity contribution is 5.51. The van der Waals surface area contributed by atoms with Crippen LogP contribution in [0.4, 0.5) is 5.69 Å². The Morgan fingerprint density at radius 1 is 1.40 bits per heavy atom. The van der Waals surface area contributed by atoms with E-state index in [9.17, 15) is 5.11 Å². The Bertz CT molecular complexity index is 302. The lowest BCUT2D eigenvalue weighted by Crippen LogP contribution is -2.30. The lowest BCUT2D eigenvalue weighted by atomic mass is 10.3. The molecule has 4 nitrogen and oxygen atoms in total. The van der Waals surface area contributed by atoms with E-state index in [-0.39, 0.29) is 6.61 Å². The van der Waals surface area contributed by atoms with Gasteiger partial charge in [-0.2, -0.15) is 0 Å². The van der Waals surface area contributed by atoms with Crippen molar-refractivity contribution in [1.29, 1.82) is 0 Å². The van der Waals surface area contributed by atoms with E-state index in [2.05, 4.69) is 0 Å². The number of hydrogen-bond donors (Lipinski definition) is 2. The molecule has 0 fully saturated rings. The van der Waals surface area contributed by atoms with E-state index in [1.54, 1.807) is 12.1 Å². The number of aliphatic hydroxyl groups is 1. The summed E-state index contributed by atoms with van der Waals surface area (Å²) < 4.78 is 5.40. The average molecular weight is 210 g/mol. The second kappa shape index (κ2) is 5.58. The van der Waals surface area contributed by atoms with Gasteiger partial charge in [-0.15, -0.1) is 0 Å². The number of hydrogen-bond acceptors (Lipinski definition) is 4. The van der Waals surface area contributed by atoms with E-state index >= 15 is 0 Å². The average Bonchev–Trinajstić information content (AvgIpc) is 2.15. The number of likely N-dealkylation sites (N-methyl/N-ethyl adjacent to an activating group) is 1. The third-order valence-electron chi connectivity index (χ3n) is 1.93. The number of benzene rings is 1. The smallest absolute Gasteiger partial charge is 0.142 e. The lowest BCUT2D eigenvalue weighted by Gasteiger charge is -2.17. The van der Waals surface area contributed by atoms with Crippen LogP contribution in [0.3, 0.4) is 0 Å². The van der Waals surface area contributed by atoms with Gasteiger partial charge in [0.25, 0.3) is 0 Å². The highest BCUT2D eigenvalue weighted by atomic mass is 16.5. The van der Waals surface area contributed by atoms with E-state index in [4.69, 9.17) is 10.5 Å². The van der Waals surface area contributed by atoms with Crippen molar-refractivity contribution >= 4 is 5.69 Å². The molecule has 0 heterocycles. The molecule has 4 heteroatoms. The summed E-state index contributed by atoms with van der Waals surface area (Å²) in [6.45, 7) is 0.832. The molecule has 3 N–H and O–H groups in total. The number of anilines is 1. The van der Waals surface area contributed by atoms with E-state index in [0.717, 1.165) is 0 Å². The molecule has 0 aliphatic heterocycles. The van der Waals surface area contributed by atoms with Crippen LogP contribution in [0.5, 0.6) is 5.75 Å². The minimum absolute atomic E-state index is 0.256. The first-order valence-corrected chi connectivity index (χ1v) is 4.89. The monoisotopic (exact) mass is 210 g/mol. The first kappa shape index (κ1) is 11.8. The zero-order valence-electron chi connectivity index (χ0n) is 9.18. The number of rotatable bonds is 5. The fourth-order valence-electron chi connectivity index (χ4n) is 1.27. The van der Waals surface area contributed by atoms with Crippen molar-refractivity contribution < 1.29 is 9.84 Å². The summed E-state index contributed by atoms with van der Waals surface area (Å²) in [7, 11) is 3.81. The molecular weight excluding hydrogens is 192 g/mol. The highest BCUT2D eigenvalue weighted by Crippen LogP contribution is 2.19. The molecule has 0 unspecified atom stereocenters. The molecule has 15 heavy (non-hydrogen) atoms. The van der Waals surface area contributed by atoms with Crippen LogP contribution in [0, 0.1) is 0 Å². The molecule has 84 valence electrons. The second-order valence-electron chi connectivity index (χ2n) is 3.76. The molecule has 0 aromatic heterocycles. The van der Waals surface area contributed by atoms with Crippen LogP contribution in [0.2, 0.25) is 0 Å². The number of nitrogens with two attached hydrogens (primary N) is 1. The molecule has 0 saturated heterocycles. The molecule has 0 spiro atoms. The van der Waals surface area contributed by atoms with Gasteiger partial charge in [-0.05, 0) is 26.2 Å². The summed E-state index contributed by atoms with van der Waals surface area (Å²) in [6, 6.07) is 7.26. The largest absolute Gasteiger partial charge is 0.489 e. The fraction of sp³-hybridized carbons (Fsp3) is 0.455. The Morgan fingerprint density at radius 3 is 2.67 bits per heavy atom. The topological polar surface area (TPSA) is 58.7 Å². The maximum Gasteiger partial charge on any atom is 0.142 e. The quantitative estimate of drug-likeness (QED) is 0.698. The highest BCUT2D eigenvalue weighted by Gasteiger charge is 2.07. The van der Waals surface area contributed by atoms with Crippen LogP contribution >= 0.6 is 0 Å². The van der Waals surface area contributed by atoms with Gasteiger partial charge >= 0.3 is 0 Å². The zero-order chi connectivity index (χ0) is 11.3. The normalized spacial score (nSPS) is 12.8. The summed E-state index contributed by atoms with van der Waals surface area (Å²) in [6.07, 6.45) is -0.500. The predicted molar refractivity (Wildman–Crippen MR) is 60.9 cm³/mol. The third kappa shape index (κ3) is 4.18. The van der Waals surface area contributed by atoms with Gasteiger partial charge in [-0.3, -0.25) is 0 Å². The second-order valence-corrected chi connectivity index (χ2v) is 3.76. The van der Waals surface area contributed by atoms with Gasteiger partial charge < -0.3 is 20.5 Å². The minimum Gasteiger partial charge on any atom is -0.489 e. The van der Waals surface area contributed by atoms with E-state index in [1.807, 2.05) is 31.1 Å². The molecular formula is C11H18N2O2. The Kier molecular flexibility index (Phi) is 4.39. The Hall–Kier alpha value is -1.26. The van der Waals surface area contributed by atoms with Crippen molar-refractivity contribution in [3.05, 3.63) is 24.3 Å². The number of ether oxygens (including phenoxy) is 1. The molecule has 1 aromatic rings. The third-order valence-corrected chi connectivity index (χ3v) is 1.93. The van der Waals surface area contributed by atoms with Crippen LogP contribution in [0.25, 0.3) is 0 Å². The van der Waals surface area contributed by atoms with Crippen LogP contribution in [0.15, 0.2) is 24.3 Å². The van der Waals surface area contributed by atoms with Gasteiger partial charge in [0, 0.05) is 6.54 Å². The zero-order valence-corrected chi connectivity index (χ0v) is 9.18. The standard InChI is InChI=1S/C11H18N2O2/c1-13(2)7-9(14)8-15-11-6-4-3-5-10(11)12/h3-6,9,14H,7-8,12H2,1-2H3/t9-/m0/s1. The van der Waals surface area contributed by atoms with E-state index < -0.39 is 6.10 Å². The summed E-state index contributed by atoms with van der Waals surface area (Å²) in [5.41, 5.74) is 6.28. The van der Waals surface area contributed by atoms with Crippen molar-refractivity contribution in [2.45, 2.75) is 6.10 Å². The van der Waals surface area contributed by atoms with Gasteiger partial charge in [0.05, 0.1) is 5.69 Å². The molecule has 1 rings (SSSR count). The summed E-state index contributed by atoms with van der Waals surface area (Å²) in [5.74, 6) is 0.621. The molecule has 1 aromatic carbocycles. The van der Waals surface area contributed by atoms with Crippen molar-refractivity contribution in [3.8, 4) is 5.75 Å². The summed E-state index contributed by atoms with van der Waals surface area (Å²) >= 11 is 0. The number of para-hydroxylation sites is 2. The predicted octanol–water partition coefficient (Wildman–Crippen LogP) is 0.570. The fourth-order valence-corrected chi connectivity index (χ4v) is 1.27. The number of nitrogens with zero attached hydrogens (tertiary/aromatic N) is 1. The van der Waals surface area contributed by atoms with Crippen LogP contribution in [0.1, 0.15) is 0 Å². The van der Waals surface area contributed by atoms with Crippen molar-refractivity contribution in [1.82, 2.24) is 4.90 Å². The SMILES string of the molecule is CN(C)C[C@H](O)COc1ccccc1N. The maximum atomic E-state index is 9.56. The first-order chi connectivity index (χ1) is 7.09. The Morgan fingerprint density at radius 2 is 2.07 bits per heavy atom. The molecule has 0 radical (unpaired) electrons. The summed E-state index contributed by atoms with van der Waals surface area (Å²) in [5, 5.41) is 9.56. The minimum atomic E-state index is -0.500.